The monoisotopic (exact) mass is 308 g/mol. The van der Waals surface area contributed by atoms with Gasteiger partial charge in [0.2, 0.25) is 0 Å². The second-order valence-electron chi connectivity index (χ2n) is 2.55. The molecule has 0 atom stereocenters. The lowest BCUT2D eigenvalue weighted by Gasteiger charge is -2.26. The fraction of sp³-hybridized carbons (Fsp3) is 1.00. The van der Waals surface area contributed by atoms with E-state index in [1.54, 1.807) is 6.92 Å². The van der Waals surface area contributed by atoms with Gasteiger partial charge in [-0.1, -0.05) is 0 Å². The zero-order valence-electron chi connectivity index (χ0n) is 12.0. The molecule has 0 amide bonds. The average molecular weight is 309 g/mol. The van der Waals surface area contributed by atoms with E-state index < -0.39 is 9.05 Å². The molecule has 0 heterocycles. The van der Waals surface area contributed by atoms with Gasteiger partial charge in [0.15, 0.2) is 0 Å². The lowest BCUT2D eigenvalue weighted by atomic mass is 10.9. The first kappa shape index (κ1) is 26.8. The van der Waals surface area contributed by atoms with Crippen LogP contribution in [0.25, 0.3) is 0 Å². The van der Waals surface area contributed by atoms with E-state index in [1.165, 1.54) is 0 Å². The van der Waals surface area contributed by atoms with Crippen LogP contribution in [0.3, 0.4) is 0 Å². The van der Waals surface area contributed by atoms with E-state index in [2.05, 4.69) is 0 Å². The molecule has 0 bridgehead atoms. The summed E-state index contributed by atoms with van der Waals surface area (Å²) in [6, 6.07) is 0. The van der Waals surface area contributed by atoms with Gasteiger partial charge >= 0.3 is 9.05 Å². The van der Waals surface area contributed by atoms with Gasteiger partial charge in [0.1, 0.15) is 0 Å². The van der Waals surface area contributed by atoms with Crippen molar-refractivity contribution in [2.75, 3.05) is 33.0 Å². The SMILES string of the molecule is CCO.CCO[Si](OCC)(OCC)OCC.Cl.O. The average Bonchev–Trinajstić information content (AvgIpc) is 2.20. The molecule has 0 spiro atoms. The summed E-state index contributed by atoms with van der Waals surface area (Å²) >= 11 is 0. The third-order valence-corrected chi connectivity index (χ3v) is 3.85. The molecule has 116 valence electrons. The Morgan fingerprint density at radius 1 is 0.722 bits per heavy atom. The summed E-state index contributed by atoms with van der Waals surface area (Å²) in [5, 5.41) is 7.57. The van der Waals surface area contributed by atoms with Crippen molar-refractivity contribution in [1.82, 2.24) is 0 Å². The highest BCUT2D eigenvalue weighted by molar-refractivity contribution is 6.53. The Kier molecular flexibility index (Phi) is 29.1. The molecular weight excluding hydrogens is 280 g/mol. The zero-order valence-corrected chi connectivity index (χ0v) is 13.8. The van der Waals surface area contributed by atoms with Crippen LogP contribution in [0, 0.1) is 0 Å². The van der Waals surface area contributed by atoms with Crippen LogP contribution < -0.4 is 0 Å². The summed E-state index contributed by atoms with van der Waals surface area (Å²) in [6.07, 6.45) is 0. The van der Waals surface area contributed by atoms with Crippen molar-refractivity contribution in [2.45, 2.75) is 34.6 Å². The number of hydrogen-bond donors (Lipinski definition) is 1. The molecule has 0 aliphatic carbocycles. The van der Waals surface area contributed by atoms with E-state index in [1.807, 2.05) is 27.7 Å². The molecule has 0 aliphatic heterocycles. The Morgan fingerprint density at radius 2 is 0.889 bits per heavy atom. The Labute approximate surface area is 118 Å². The van der Waals surface area contributed by atoms with Crippen molar-refractivity contribution >= 4 is 21.5 Å². The normalized spacial score (nSPS) is 9.67. The van der Waals surface area contributed by atoms with E-state index in [0.717, 1.165) is 0 Å². The van der Waals surface area contributed by atoms with Gasteiger partial charge in [-0.05, 0) is 34.6 Å². The van der Waals surface area contributed by atoms with E-state index in [9.17, 15) is 0 Å². The summed E-state index contributed by atoms with van der Waals surface area (Å²) in [7, 11) is -2.80. The Bertz CT molecular complexity index is 112. The number of aliphatic hydroxyl groups is 1. The molecule has 0 unspecified atom stereocenters. The summed E-state index contributed by atoms with van der Waals surface area (Å²) in [5.74, 6) is 0. The number of hydrogen-bond acceptors (Lipinski definition) is 5. The minimum atomic E-state index is -2.80. The number of halogens is 1. The van der Waals surface area contributed by atoms with Crippen molar-refractivity contribution in [1.29, 1.82) is 0 Å². The first-order valence-electron chi connectivity index (χ1n) is 5.82. The molecule has 6 nitrogen and oxygen atoms in total. The van der Waals surface area contributed by atoms with Gasteiger partial charge in [-0.25, -0.2) is 0 Å². The summed E-state index contributed by atoms with van der Waals surface area (Å²) in [6.45, 7) is 11.7. The van der Waals surface area contributed by atoms with Gasteiger partial charge in [0.05, 0.1) is 0 Å². The van der Waals surface area contributed by atoms with Crippen molar-refractivity contribution in [3.8, 4) is 0 Å². The fourth-order valence-electron chi connectivity index (χ4n) is 0.957. The fourth-order valence-corrected chi connectivity index (χ4v) is 2.87. The van der Waals surface area contributed by atoms with Gasteiger partial charge in [-0.3, -0.25) is 0 Å². The van der Waals surface area contributed by atoms with Crippen LogP contribution in [0.15, 0.2) is 0 Å². The van der Waals surface area contributed by atoms with Gasteiger partial charge in [-0.2, -0.15) is 0 Å². The summed E-state index contributed by atoms with van der Waals surface area (Å²) < 4.78 is 21.7. The van der Waals surface area contributed by atoms with E-state index in [4.69, 9.17) is 22.8 Å². The number of aliphatic hydroxyl groups excluding tert-OH is 1. The van der Waals surface area contributed by atoms with Crippen molar-refractivity contribution in [3.05, 3.63) is 0 Å². The maximum atomic E-state index is 7.57. The van der Waals surface area contributed by atoms with Gasteiger partial charge in [-0.15, -0.1) is 12.4 Å². The molecule has 18 heavy (non-hydrogen) atoms. The van der Waals surface area contributed by atoms with Gasteiger partial charge in [0.25, 0.3) is 0 Å². The molecule has 3 N–H and O–H groups in total. The van der Waals surface area contributed by atoms with Crippen molar-refractivity contribution < 1.29 is 28.3 Å². The smallest absolute Gasteiger partial charge is 0.412 e. The Balaban J connectivity index is -0.000000177. The lowest BCUT2D eigenvalue weighted by molar-refractivity contribution is -0.0247. The molecule has 0 aromatic carbocycles. The molecule has 0 aromatic heterocycles. The Hall–Kier alpha value is 0.267. The van der Waals surface area contributed by atoms with Crippen LogP contribution >= 0.6 is 12.4 Å². The maximum absolute atomic E-state index is 7.57. The highest BCUT2D eigenvalue weighted by Gasteiger charge is 2.44. The van der Waals surface area contributed by atoms with Gasteiger partial charge < -0.3 is 28.3 Å². The third kappa shape index (κ3) is 14.3. The summed E-state index contributed by atoms with van der Waals surface area (Å²) in [5.41, 5.74) is 0. The van der Waals surface area contributed by atoms with Crippen LogP contribution in [-0.4, -0.2) is 52.7 Å². The largest absolute Gasteiger partial charge is 0.679 e. The molecule has 0 saturated carbocycles. The minimum absolute atomic E-state index is 0. The van der Waals surface area contributed by atoms with Crippen LogP contribution in [0.5, 0.6) is 0 Å². The maximum Gasteiger partial charge on any atom is 0.679 e. The lowest BCUT2D eigenvalue weighted by Crippen LogP contribution is -2.49. The van der Waals surface area contributed by atoms with E-state index in [0.29, 0.717) is 26.4 Å². The molecule has 0 aliphatic rings. The number of rotatable bonds is 8. The van der Waals surface area contributed by atoms with Crippen LogP contribution in [-0.2, 0) is 17.7 Å². The molecule has 0 aromatic rings. The molecule has 0 saturated heterocycles. The standard InChI is InChI=1S/C8H20O4Si.C2H6O.ClH.H2O/c1-5-9-13(10-6-2,11-7-3)12-8-4;1-2-3;;/h5-8H2,1-4H3;3H,2H2,1H3;1H;1H2. The molecule has 0 radical (unpaired) electrons. The van der Waals surface area contributed by atoms with Gasteiger partial charge in [0, 0.05) is 33.0 Å². The predicted octanol–water partition coefficient (Wildman–Crippen LogP) is 1.16. The van der Waals surface area contributed by atoms with Crippen LogP contribution in [0.4, 0.5) is 0 Å². The first-order chi connectivity index (χ1) is 7.66. The molecule has 0 fully saturated rings. The topological polar surface area (TPSA) is 88.7 Å². The summed E-state index contributed by atoms with van der Waals surface area (Å²) in [4.78, 5) is 0. The highest BCUT2D eigenvalue weighted by Crippen LogP contribution is 2.11. The highest BCUT2D eigenvalue weighted by atomic mass is 35.5. The zero-order chi connectivity index (χ0) is 12.9. The van der Waals surface area contributed by atoms with Crippen molar-refractivity contribution in [2.24, 2.45) is 0 Å². The third-order valence-electron chi connectivity index (χ3n) is 1.28. The second-order valence-corrected chi connectivity index (χ2v) is 4.70. The predicted molar refractivity (Wildman–Crippen MR) is 75.9 cm³/mol. The quantitative estimate of drug-likeness (QED) is 0.680. The second kappa shape index (κ2) is 19.6. The molecule has 8 heteroatoms. The molecular formula is C10H29ClO6Si. The van der Waals surface area contributed by atoms with Crippen LogP contribution in [0.2, 0.25) is 0 Å². The first-order valence-corrected chi connectivity index (χ1v) is 7.46. The van der Waals surface area contributed by atoms with Crippen LogP contribution in [0.1, 0.15) is 34.6 Å². The minimum Gasteiger partial charge on any atom is -0.412 e. The Morgan fingerprint density at radius 3 is 1.00 bits per heavy atom. The molecule has 0 rings (SSSR count). The van der Waals surface area contributed by atoms with E-state index >= 15 is 0 Å². The van der Waals surface area contributed by atoms with Crippen molar-refractivity contribution in [3.63, 3.8) is 0 Å². The van der Waals surface area contributed by atoms with E-state index in [-0.39, 0.29) is 24.5 Å².